The van der Waals surface area contributed by atoms with Gasteiger partial charge in [0.15, 0.2) is 0 Å². The molecule has 0 fully saturated rings. The fraction of sp³-hybridized carbons (Fsp3) is 0.400. The topological polar surface area (TPSA) is 195 Å². The maximum Gasteiger partial charge on any atom is 0.322 e. The first-order valence-electron chi connectivity index (χ1n) is 12.0. The lowest BCUT2D eigenvalue weighted by Crippen LogP contribution is -2.57. The number of rotatable bonds is 13. The Balaban J connectivity index is 1.83. The van der Waals surface area contributed by atoms with E-state index in [4.69, 9.17) is 10.8 Å². The number of hydrogen-bond acceptors (Lipinski definition) is 6. The number of nitrogens with two attached hydrogens (primary N) is 1. The molecule has 198 valence electrons. The molecule has 0 saturated heterocycles. The van der Waals surface area contributed by atoms with Crippen molar-refractivity contribution in [2.45, 2.75) is 51.2 Å². The van der Waals surface area contributed by atoms with Crippen molar-refractivity contribution in [1.82, 2.24) is 30.9 Å². The van der Waals surface area contributed by atoms with Crippen LogP contribution >= 0.6 is 0 Å². The molecule has 0 aliphatic carbocycles. The first kappa shape index (κ1) is 27.4. The molecule has 3 unspecified atom stereocenters. The van der Waals surface area contributed by atoms with E-state index in [9.17, 15) is 19.2 Å². The number of amides is 3. The van der Waals surface area contributed by atoms with E-state index in [1.54, 1.807) is 6.20 Å². The Morgan fingerprint density at radius 1 is 1.00 bits per heavy atom. The lowest BCUT2D eigenvalue weighted by molar-refractivity contribution is -0.138. The maximum absolute atomic E-state index is 13.5. The molecular weight excluding hydrogens is 478 g/mol. The summed E-state index contributed by atoms with van der Waals surface area (Å²) in [6.45, 7) is 3.28. The number of nitrogens with zero attached hydrogens (tertiary/aromatic N) is 1. The molecule has 0 saturated carbocycles. The van der Waals surface area contributed by atoms with Crippen molar-refractivity contribution in [2.75, 3.05) is 6.54 Å². The number of hydrogen-bond donors (Lipinski definition) is 7. The Bertz CT molecular complexity index is 1220. The summed E-state index contributed by atoms with van der Waals surface area (Å²) in [5, 5.41) is 17.5. The molecule has 3 rings (SSSR count). The van der Waals surface area contributed by atoms with Gasteiger partial charge in [-0.25, -0.2) is 4.98 Å². The van der Waals surface area contributed by atoms with Crippen LogP contribution in [0.3, 0.4) is 0 Å². The van der Waals surface area contributed by atoms with Gasteiger partial charge < -0.3 is 36.8 Å². The van der Waals surface area contributed by atoms with Crippen molar-refractivity contribution in [1.29, 1.82) is 0 Å². The molecule has 12 heteroatoms. The zero-order chi connectivity index (χ0) is 26.9. The van der Waals surface area contributed by atoms with Gasteiger partial charge in [-0.2, -0.15) is 0 Å². The number of nitrogens with one attached hydrogen (secondary N) is 5. The van der Waals surface area contributed by atoms with Crippen LogP contribution in [0.5, 0.6) is 0 Å². The molecule has 1 aromatic carbocycles. The monoisotopic (exact) mass is 511 g/mol. The molecule has 3 amide bonds. The lowest BCUT2D eigenvalue weighted by atomic mass is 10.0. The molecule has 2 heterocycles. The Morgan fingerprint density at radius 3 is 2.38 bits per heavy atom. The highest BCUT2D eigenvalue weighted by Gasteiger charge is 2.29. The summed E-state index contributed by atoms with van der Waals surface area (Å²) >= 11 is 0. The molecule has 37 heavy (non-hydrogen) atoms. The van der Waals surface area contributed by atoms with Crippen LogP contribution in [0.15, 0.2) is 43.0 Å². The third-order valence-electron chi connectivity index (χ3n) is 5.82. The second-order valence-electron chi connectivity index (χ2n) is 9.31. The Morgan fingerprint density at radius 2 is 1.70 bits per heavy atom. The molecule has 12 nitrogen and oxygen atoms in total. The number of para-hydroxylation sites is 1. The standard InChI is InChI=1S/C25H33N7O5/c1-14(2)7-18(26)23(35)31-20(8-15-10-28-19-6-4-3-5-17(15)19)25(37)32-21(9-16-11-27-13-30-16)24(36)29-12-22(33)34/h3-6,10-11,13-14,18,20-21,28H,7-9,12,26H2,1-2H3,(H,27,30)(H,29,36)(H,31,35)(H,32,37)(H,33,34). The second-order valence-corrected chi connectivity index (χ2v) is 9.31. The number of aliphatic carboxylic acids is 1. The van der Waals surface area contributed by atoms with Gasteiger partial charge in [0.1, 0.15) is 18.6 Å². The largest absolute Gasteiger partial charge is 0.480 e. The number of imidazole rings is 1. The smallest absolute Gasteiger partial charge is 0.322 e. The third kappa shape index (κ3) is 7.90. The van der Waals surface area contributed by atoms with E-state index in [0.717, 1.165) is 16.5 Å². The van der Waals surface area contributed by atoms with E-state index in [2.05, 4.69) is 30.9 Å². The SMILES string of the molecule is CC(C)CC(N)C(=O)NC(Cc1c[nH]c2ccccc12)C(=O)NC(Cc1cnc[nH]1)C(=O)NCC(=O)O. The predicted octanol–water partition coefficient (Wildman–Crippen LogP) is 0.220. The van der Waals surface area contributed by atoms with Crippen molar-refractivity contribution in [3.05, 3.63) is 54.2 Å². The number of carbonyl (C=O) groups excluding carboxylic acids is 3. The average molecular weight is 512 g/mol. The molecule has 3 aromatic rings. The van der Waals surface area contributed by atoms with Crippen LogP contribution in [0.2, 0.25) is 0 Å². The van der Waals surface area contributed by atoms with Gasteiger partial charge >= 0.3 is 5.97 Å². The summed E-state index contributed by atoms with van der Waals surface area (Å²) in [5.74, 6) is -2.81. The Kier molecular flexibility index (Phi) is 9.39. The van der Waals surface area contributed by atoms with Crippen LogP contribution in [-0.4, -0.2) is 68.4 Å². The Hall–Kier alpha value is -4.19. The zero-order valence-corrected chi connectivity index (χ0v) is 20.8. The number of carbonyl (C=O) groups is 4. The van der Waals surface area contributed by atoms with Crippen LogP contribution in [-0.2, 0) is 32.0 Å². The summed E-state index contributed by atoms with van der Waals surface area (Å²) in [5.41, 5.74) is 8.30. The van der Waals surface area contributed by atoms with Gasteiger partial charge in [-0.3, -0.25) is 19.2 Å². The fourth-order valence-corrected chi connectivity index (χ4v) is 4.01. The van der Waals surface area contributed by atoms with Gasteiger partial charge in [0.2, 0.25) is 17.7 Å². The quantitative estimate of drug-likeness (QED) is 0.170. The number of carboxylic acid groups (broad SMARTS) is 1. The van der Waals surface area contributed by atoms with E-state index in [1.165, 1.54) is 12.5 Å². The minimum atomic E-state index is -1.22. The molecule has 0 radical (unpaired) electrons. The van der Waals surface area contributed by atoms with E-state index in [0.29, 0.717) is 12.1 Å². The van der Waals surface area contributed by atoms with Gasteiger partial charge in [-0.05, 0) is 24.0 Å². The maximum atomic E-state index is 13.5. The minimum absolute atomic E-state index is 0.0395. The average Bonchev–Trinajstić information content (AvgIpc) is 3.51. The highest BCUT2D eigenvalue weighted by Crippen LogP contribution is 2.19. The molecule has 2 aromatic heterocycles. The molecule has 3 atom stereocenters. The van der Waals surface area contributed by atoms with Crippen LogP contribution in [0, 0.1) is 5.92 Å². The Labute approximate surface area is 213 Å². The van der Waals surface area contributed by atoms with Crippen molar-refractivity contribution in [2.24, 2.45) is 11.7 Å². The van der Waals surface area contributed by atoms with Crippen molar-refractivity contribution in [3.8, 4) is 0 Å². The van der Waals surface area contributed by atoms with Gasteiger partial charge in [0.05, 0.1) is 12.4 Å². The number of H-pyrrole nitrogens is 2. The number of benzene rings is 1. The van der Waals surface area contributed by atoms with Gasteiger partial charge in [0.25, 0.3) is 0 Å². The number of aromatic nitrogens is 3. The van der Waals surface area contributed by atoms with Gasteiger partial charge in [-0.15, -0.1) is 0 Å². The van der Waals surface area contributed by atoms with Crippen molar-refractivity contribution in [3.63, 3.8) is 0 Å². The first-order chi connectivity index (χ1) is 17.6. The number of fused-ring (bicyclic) bond motifs is 1. The van der Waals surface area contributed by atoms with Gasteiger partial charge in [0, 0.05) is 41.8 Å². The summed E-state index contributed by atoms with van der Waals surface area (Å²) < 4.78 is 0. The second kappa shape index (κ2) is 12.7. The van der Waals surface area contributed by atoms with E-state index < -0.39 is 48.4 Å². The summed E-state index contributed by atoms with van der Waals surface area (Å²) in [6, 6.07) is 4.61. The predicted molar refractivity (Wildman–Crippen MR) is 136 cm³/mol. The molecule has 0 aliphatic rings. The molecule has 0 bridgehead atoms. The summed E-state index contributed by atoms with van der Waals surface area (Å²) in [7, 11) is 0. The minimum Gasteiger partial charge on any atom is -0.480 e. The molecule has 0 aliphatic heterocycles. The summed E-state index contributed by atoms with van der Waals surface area (Å²) in [4.78, 5) is 59.9. The highest BCUT2D eigenvalue weighted by molar-refractivity contribution is 5.94. The van der Waals surface area contributed by atoms with E-state index >= 15 is 0 Å². The normalized spacial score (nSPS) is 13.6. The van der Waals surface area contributed by atoms with Gasteiger partial charge in [-0.1, -0.05) is 32.0 Å². The number of carboxylic acids is 1. The van der Waals surface area contributed by atoms with Crippen molar-refractivity contribution >= 4 is 34.6 Å². The lowest BCUT2D eigenvalue weighted by Gasteiger charge is -2.24. The highest BCUT2D eigenvalue weighted by atomic mass is 16.4. The van der Waals surface area contributed by atoms with Crippen LogP contribution in [0.4, 0.5) is 0 Å². The van der Waals surface area contributed by atoms with Crippen molar-refractivity contribution < 1.29 is 24.3 Å². The summed E-state index contributed by atoms with van der Waals surface area (Å²) in [6.07, 6.45) is 5.32. The molecular formula is C25H33N7O5. The van der Waals surface area contributed by atoms with E-state index in [-0.39, 0.29) is 18.8 Å². The van der Waals surface area contributed by atoms with Crippen LogP contribution < -0.4 is 21.7 Å². The molecule has 0 spiro atoms. The van der Waals surface area contributed by atoms with Crippen LogP contribution in [0.1, 0.15) is 31.5 Å². The fourth-order valence-electron chi connectivity index (χ4n) is 4.01. The first-order valence-corrected chi connectivity index (χ1v) is 12.0. The van der Waals surface area contributed by atoms with Crippen LogP contribution in [0.25, 0.3) is 10.9 Å². The van der Waals surface area contributed by atoms with E-state index in [1.807, 2.05) is 38.1 Å². The molecule has 8 N–H and O–H groups in total. The zero-order valence-electron chi connectivity index (χ0n) is 20.8. The third-order valence-corrected chi connectivity index (χ3v) is 5.82. The number of aromatic amines is 2.